The predicted molar refractivity (Wildman–Crippen MR) is 76.0 cm³/mol. The quantitative estimate of drug-likeness (QED) is 0.902. The summed E-state index contributed by atoms with van der Waals surface area (Å²) in [6.45, 7) is 0.0928. The van der Waals surface area contributed by atoms with Crippen molar-refractivity contribution in [2.24, 2.45) is 0 Å². The normalized spacial score (nSPS) is 15.2. The first-order chi connectivity index (χ1) is 10.3. The number of carbonyl (C=O) groups is 1. The molecule has 0 radical (unpaired) electrons. The maximum Gasteiger partial charge on any atom is 0.250 e. The monoisotopic (exact) mass is 287 g/mol. The number of aromatic nitrogens is 4. The number of nitrogens with zero attached hydrogens (tertiary/aromatic N) is 4. The van der Waals surface area contributed by atoms with Gasteiger partial charge in [0.2, 0.25) is 5.91 Å². The molecule has 1 aliphatic carbocycles. The molecule has 1 amide bonds. The van der Waals surface area contributed by atoms with Crippen LogP contribution < -0.4 is 5.32 Å². The lowest BCUT2D eigenvalue weighted by Crippen LogP contribution is -2.22. The van der Waals surface area contributed by atoms with Gasteiger partial charge in [-0.3, -0.25) is 4.79 Å². The van der Waals surface area contributed by atoms with E-state index in [1.165, 1.54) is 19.2 Å². The van der Waals surface area contributed by atoms with Crippen molar-refractivity contribution in [1.29, 1.82) is 0 Å². The molecular formula is C14H17N5O2. The van der Waals surface area contributed by atoms with Gasteiger partial charge in [0.15, 0.2) is 5.82 Å². The van der Waals surface area contributed by atoms with Crippen LogP contribution in [0.25, 0.3) is 5.82 Å². The summed E-state index contributed by atoms with van der Waals surface area (Å²) in [5, 5.41) is 6.75. The molecule has 7 nitrogen and oxygen atoms in total. The number of carbonyl (C=O) groups excluding carboxylic acids is 1. The fourth-order valence-electron chi connectivity index (χ4n) is 2.37. The molecule has 21 heavy (non-hydrogen) atoms. The van der Waals surface area contributed by atoms with Crippen molar-refractivity contribution < 1.29 is 9.53 Å². The van der Waals surface area contributed by atoms with Crippen LogP contribution in [0, 0.1) is 0 Å². The van der Waals surface area contributed by atoms with Crippen LogP contribution in [0.1, 0.15) is 25.7 Å². The molecule has 0 unspecified atom stereocenters. The second-order valence-electron chi connectivity index (χ2n) is 5.01. The van der Waals surface area contributed by atoms with Crippen molar-refractivity contribution in [2.75, 3.05) is 11.9 Å². The first kappa shape index (κ1) is 13.7. The minimum atomic E-state index is -0.155. The largest absolute Gasteiger partial charge is 0.368 e. The van der Waals surface area contributed by atoms with Crippen molar-refractivity contribution in [3.05, 3.63) is 31.0 Å². The van der Waals surface area contributed by atoms with Crippen molar-refractivity contribution >= 4 is 11.6 Å². The maximum atomic E-state index is 11.8. The molecular weight excluding hydrogens is 270 g/mol. The average molecular weight is 287 g/mol. The molecule has 0 saturated heterocycles. The summed E-state index contributed by atoms with van der Waals surface area (Å²) in [5.41, 5.74) is 0.638. The molecule has 2 aromatic rings. The smallest absolute Gasteiger partial charge is 0.250 e. The van der Waals surface area contributed by atoms with Gasteiger partial charge < -0.3 is 10.1 Å². The first-order valence-electron chi connectivity index (χ1n) is 7.04. The molecule has 2 heterocycles. The second-order valence-corrected chi connectivity index (χ2v) is 5.01. The number of anilines is 1. The predicted octanol–water partition coefficient (Wildman–Crippen LogP) is 1.56. The number of hydrogen-bond acceptors (Lipinski definition) is 5. The molecule has 0 atom stereocenters. The lowest BCUT2D eigenvalue weighted by molar-refractivity contribution is -0.122. The Hall–Kier alpha value is -2.28. The Morgan fingerprint density at radius 3 is 2.90 bits per heavy atom. The van der Waals surface area contributed by atoms with E-state index in [4.69, 9.17) is 4.74 Å². The summed E-state index contributed by atoms with van der Waals surface area (Å²) in [6.07, 6.45) is 9.34. The summed E-state index contributed by atoms with van der Waals surface area (Å²) in [5.74, 6) is 0.491. The summed E-state index contributed by atoms with van der Waals surface area (Å²) in [7, 11) is 0. The van der Waals surface area contributed by atoms with Gasteiger partial charge in [0.1, 0.15) is 19.3 Å². The van der Waals surface area contributed by atoms with Crippen LogP contribution in [0.2, 0.25) is 0 Å². The van der Waals surface area contributed by atoms with Crippen molar-refractivity contribution in [3.8, 4) is 5.82 Å². The number of nitrogens with one attached hydrogen (secondary N) is 1. The van der Waals surface area contributed by atoms with Crippen LogP contribution in [-0.4, -0.2) is 38.4 Å². The van der Waals surface area contributed by atoms with Gasteiger partial charge in [0.25, 0.3) is 0 Å². The van der Waals surface area contributed by atoms with Gasteiger partial charge in [-0.15, -0.1) is 0 Å². The van der Waals surface area contributed by atoms with Gasteiger partial charge in [-0.05, 0) is 25.0 Å². The van der Waals surface area contributed by atoms with Gasteiger partial charge in [-0.25, -0.2) is 14.6 Å². The molecule has 0 aromatic carbocycles. The Morgan fingerprint density at radius 2 is 2.24 bits per heavy atom. The molecule has 7 heteroatoms. The second kappa shape index (κ2) is 6.45. The number of ether oxygens (including phenoxy) is 1. The van der Waals surface area contributed by atoms with Crippen LogP contribution in [0.5, 0.6) is 0 Å². The Kier molecular flexibility index (Phi) is 4.20. The Morgan fingerprint density at radius 1 is 1.38 bits per heavy atom. The third kappa shape index (κ3) is 3.63. The molecule has 1 aliphatic rings. The van der Waals surface area contributed by atoms with E-state index in [1.54, 1.807) is 29.3 Å². The highest BCUT2D eigenvalue weighted by Crippen LogP contribution is 2.20. The van der Waals surface area contributed by atoms with Gasteiger partial charge in [-0.1, -0.05) is 12.8 Å². The highest BCUT2D eigenvalue weighted by atomic mass is 16.5. The average Bonchev–Trinajstić information content (AvgIpc) is 3.19. The highest BCUT2D eigenvalue weighted by molar-refractivity contribution is 5.91. The van der Waals surface area contributed by atoms with Crippen LogP contribution in [0.3, 0.4) is 0 Å². The summed E-state index contributed by atoms with van der Waals surface area (Å²) in [6, 6.07) is 3.54. The van der Waals surface area contributed by atoms with Crippen molar-refractivity contribution in [3.63, 3.8) is 0 Å². The van der Waals surface area contributed by atoms with E-state index in [2.05, 4.69) is 20.4 Å². The summed E-state index contributed by atoms with van der Waals surface area (Å²) in [4.78, 5) is 19.9. The van der Waals surface area contributed by atoms with Gasteiger partial charge in [0.05, 0.1) is 18.0 Å². The molecule has 0 bridgehead atoms. The number of hydrogen-bond donors (Lipinski definition) is 1. The van der Waals surface area contributed by atoms with E-state index in [0.717, 1.165) is 12.8 Å². The van der Waals surface area contributed by atoms with E-state index >= 15 is 0 Å². The minimum absolute atomic E-state index is 0.0928. The molecule has 1 fully saturated rings. The summed E-state index contributed by atoms with van der Waals surface area (Å²) < 4.78 is 7.12. The Labute approximate surface area is 122 Å². The van der Waals surface area contributed by atoms with Gasteiger partial charge in [-0.2, -0.15) is 5.10 Å². The molecule has 1 saturated carbocycles. The highest BCUT2D eigenvalue weighted by Gasteiger charge is 2.16. The SMILES string of the molecule is O=C(COC1CCCC1)Nc1ccc(-n2cncn2)nc1. The number of pyridine rings is 1. The zero-order valence-electron chi connectivity index (χ0n) is 11.6. The molecule has 1 N–H and O–H groups in total. The molecule has 3 rings (SSSR count). The van der Waals surface area contributed by atoms with E-state index in [0.29, 0.717) is 11.5 Å². The standard InChI is InChI=1S/C14H17N5O2/c20-14(8-21-12-3-1-2-4-12)18-11-5-6-13(16-7-11)19-10-15-9-17-19/h5-7,9-10,12H,1-4,8H2,(H,18,20). The Balaban J connectivity index is 1.51. The molecule has 2 aromatic heterocycles. The summed E-state index contributed by atoms with van der Waals surface area (Å²) >= 11 is 0. The maximum absolute atomic E-state index is 11.8. The number of amides is 1. The third-order valence-electron chi connectivity index (χ3n) is 3.44. The zero-order valence-corrected chi connectivity index (χ0v) is 11.6. The van der Waals surface area contributed by atoms with Crippen LogP contribution >= 0.6 is 0 Å². The minimum Gasteiger partial charge on any atom is -0.368 e. The fraction of sp³-hybridized carbons (Fsp3) is 0.429. The third-order valence-corrected chi connectivity index (χ3v) is 3.44. The van der Waals surface area contributed by atoms with Crippen molar-refractivity contribution in [1.82, 2.24) is 19.7 Å². The molecule has 0 spiro atoms. The number of rotatable bonds is 5. The first-order valence-corrected chi connectivity index (χ1v) is 7.04. The lowest BCUT2D eigenvalue weighted by Gasteiger charge is -2.11. The van der Waals surface area contributed by atoms with Crippen LogP contribution in [0.4, 0.5) is 5.69 Å². The van der Waals surface area contributed by atoms with Crippen molar-refractivity contribution in [2.45, 2.75) is 31.8 Å². The van der Waals surface area contributed by atoms with E-state index in [9.17, 15) is 4.79 Å². The fourth-order valence-corrected chi connectivity index (χ4v) is 2.37. The van der Waals surface area contributed by atoms with Crippen LogP contribution in [-0.2, 0) is 9.53 Å². The lowest BCUT2D eigenvalue weighted by atomic mass is 10.3. The Bertz CT molecular complexity index is 576. The van der Waals surface area contributed by atoms with Gasteiger partial charge >= 0.3 is 0 Å². The topological polar surface area (TPSA) is 81.9 Å². The van der Waals surface area contributed by atoms with E-state index in [-0.39, 0.29) is 18.6 Å². The van der Waals surface area contributed by atoms with E-state index in [1.807, 2.05) is 0 Å². The van der Waals surface area contributed by atoms with E-state index < -0.39 is 0 Å². The molecule has 0 aliphatic heterocycles. The van der Waals surface area contributed by atoms with Crippen LogP contribution in [0.15, 0.2) is 31.0 Å². The zero-order chi connectivity index (χ0) is 14.5. The van der Waals surface area contributed by atoms with Gasteiger partial charge in [0, 0.05) is 0 Å². The molecule has 110 valence electrons.